The average molecular weight is 587 g/mol. The van der Waals surface area contributed by atoms with Crippen LogP contribution in [0.1, 0.15) is 33.4 Å². The normalized spacial score (nSPS) is 11.2. The molecule has 7 aromatic rings. The van der Waals surface area contributed by atoms with Gasteiger partial charge in [-0.05, 0) is 65.4 Å². The molecule has 7 rings (SSSR count). The van der Waals surface area contributed by atoms with Crippen LogP contribution in [0.15, 0.2) is 150 Å². The quantitative estimate of drug-likeness (QED) is 0.159. The minimum absolute atomic E-state index is 0.775. The van der Waals surface area contributed by atoms with Crippen molar-refractivity contribution in [2.45, 2.75) is 40.0 Å². The summed E-state index contributed by atoms with van der Waals surface area (Å²) in [6, 6.07) is 52.3. The lowest BCUT2D eigenvalue weighted by Crippen LogP contribution is -2.28. The van der Waals surface area contributed by atoms with Crippen molar-refractivity contribution in [3.63, 3.8) is 0 Å². The summed E-state index contributed by atoms with van der Waals surface area (Å²) in [5, 5.41) is 2.32. The van der Waals surface area contributed by atoms with Crippen LogP contribution >= 0.6 is 0 Å². The van der Waals surface area contributed by atoms with Gasteiger partial charge in [0.2, 0.25) is 0 Å². The third-order valence-corrected chi connectivity index (χ3v) is 8.73. The molecule has 0 unspecified atom stereocenters. The molecule has 3 nitrogen and oxygen atoms in total. The Bertz CT molecular complexity index is 1930. The van der Waals surface area contributed by atoms with Gasteiger partial charge in [0, 0.05) is 43.0 Å². The summed E-state index contributed by atoms with van der Waals surface area (Å²) in [6.07, 6.45) is 0. The standard InChI is InChI=1S/C42H38N2O/c1-31-23-37-38-25-39(43(27-33-15-7-3-8-16-33)28-34-17-9-4-10-18-34)40(26-42(38)45-41(37)24-32(31)2)44(29-35-19-11-5-12-20-35)30-36-21-13-6-14-22-36/h3-26H,27-30H2,1-2H3. The van der Waals surface area contributed by atoms with Crippen LogP contribution in [0.5, 0.6) is 0 Å². The minimum atomic E-state index is 0.775. The van der Waals surface area contributed by atoms with Crippen molar-refractivity contribution in [2.24, 2.45) is 0 Å². The van der Waals surface area contributed by atoms with Gasteiger partial charge in [-0.1, -0.05) is 121 Å². The van der Waals surface area contributed by atoms with Crippen LogP contribution in [0, 0.1) is 13.8 Å². The highest BCUT2D eigenvalue weighted by Gasteiger charge is 2.22. The molecule has 6 aromatic carbocycles. The Morgan fingerprint density at radius 2 is 0.733 bits per heavy atom. The largest absolute Gasteiger partial charge is 0.456 e. The first kappa shape index (κ1) is 28.5. The Morgan fingerprint density at radius 3 is 1.16 bits per heavy atom. The van der Waals surface area contributed by atoms with Gasteiger partial charge in [-0.3, -0.25) is 0 Å². The number of hydrogen-bond acceptors (Lipinski definition) is 3. The Balaban J connectivity index is 1.45. The topological polar surface area (TPSA) is 19.6 Å². The summed E-state index contributed by atoms with van der Waals surface area (Å²) < 4.78 is 6.61. The molecule has 0 saturated carbocycles. The molecule has 3 heteroatoms. The third kappa shape index (κ3) is 6.34. The van der Waals surface area contributed by atoms with E-state index in [9.17, 15) is 0 Å². The van der Waals surface area contributed by atoms with Gasteiger partial charge in [-0.2, -0.15) is 0 Å². The van der Waals surface area contributed by atoms with Gasteiger partial charge in [0.1, 0.15) is 11.2 Å². The monoisotopic (exact) mass is 586 g/mol. The van der Waals surface area contributed by atoms with Crippen molar-refractivity contribution in [1.29, 1.82) is 0 Å². The number of benzene rings is 6. The Labute approximate surface area is 266 Å². The summed E-state index contributed by atoms with van der Waals surface area (Å²) in [5.41, 5.74) is 11.8. The highest BCUT2D eigenvalue weighted by molar-refractivity contribution is 6.08. The maximum absolute atomic E-state index is 6.61. The van der Waals surface area contributed by atoms with E-state index < -0.39 is 0 Å². The van der Waals surface area contributed by atoms with Gasteiger partial charge in [-0.15, -0.1) is 0 Å². The van der Waals surface area contributed by atoms with Crippen LogP contribution < -0.4 is 9.80 Å². The molecule has 1 heterocycles. The van der Waals surface area contributed by atoms with E-state index in [-0.39, 0.29) is 0 Å². The van der Waals surface area contributed by atoms with Crippen molar-refractivity contribution in [3.05, 3.63) is 179 Å². The van der Waals surface area contributed by atoms with Gasteiger partial charge < -0.3 is 14.2 Å². The van der Waals surface area contributed by atoms with Crippen molar-refractivity contribution in [2.75, 3.05) is 9.80 Å². The van der Waals surface area contributed by atoms with E-state index in [0.717, 1.165) is 53.8 Å². The maximum atomic E-state index is 6.61. The van der Waals surface area contributed by atoms with Gasteiger partial charge >= 0.3 is 0 Å². The first-order valence-corrected chi connectivity index (χ1v) is 15.7. The molecule has 0 aliphatic heterocycles. The number of hydrogen-bond donors (Lipinski definition) is 0. The summed E-state index contributed by atoms with van der Waals surface area (Å²) in [4.78, 5) is 5.04. The number of nitrogens with zero attached hydrogens (tertiary/aromatic N) is 2. The van der Waals surface area contributed by atoms with Crippen molar-refractivity contribution < 1.29 is 4.42 Å². The van der Waals surface area contributed by atoms with Crippen LogP contribution in [-0.2, 0) is 26.2 Å². The maximum Gasteiger partial charge on any atom is 0.137 e. The second-order valence-electron chi connectivity index (χ2n) is 12.0. The van der Waals surface area contributed by atoms with Gasteiger partial charge in [0.05, 0.1) is 11.4 Å². The number of furan rings is 1. The SMILES string of the molecule is Cc1cc2oc3cc(N(Cc4ccccc4)Cc4ccccc4)c(N(Cc4ccccc4)Cc4ccccc4)cc3c2cc1C. The lowest BCUT2D eigenvalue weighted by molar-refractivity contribution is 0.667. The van der Waals surface area contributed by atoms with Crippen molar-refractivity contribution >= 4 is 33.3 Å². The molecule has 0 saturated heterocycles. The molecule has 0 aliphatic carbocycles. The van der Waals surface area contributed by atoms with Crippen LogP contribution in [0.2, 0.25) is 0 Å². The average Bonchev–Trinajstić information content (AvgIpc) is 3.41. The summed E-state index contributed by atoms with van der Waals surface area (Å²) in [7, 11) is 0. The van der Waals surface area contributed by atoms with E-state index in [0.29, 0.717) is 0 Å². The first-order chi connectivity index (χ1) is 22.1. The summed E-state index contributed by atoms with van der Waals surface area (Å²) in [5.74, 6) is 0. The molecule has 222 valence electrons. The van der Waals surface area contributed by atoms with E-state index >= 15 is 0 Å². The number of rotatable bonds is 10. The molecule has 45 heavy (non-hydrogen) atoms. The Morgan fingerprint density at radius 1 is 0.400 bits per heavy atom. The molecule has 0 spiro atoms. The van der Waals surface area contributed by atoms with Gasteiger partial charge in [0.25, 0.3) is 0 Å². The Kier molecular flexibility index (Phi) is 8.07. The molecule has 0 radical (unpaired) electrons. The molecule has 0 aliphatic rings. The van der Waals surface area contributed by atoms with Crippen molar-refractivity contribution in [1.82, 2.24) is 0 Å². The zero-order valence-electron chi connectivity index (χ0n) is 26.0. The molecule has 0 amide bonds. The summed E-state index contributed by atoms with van der Waals surface area (Å²) in [6.45, 7) is 7.46. The molecule has 0 atom stereocenters. The number of fused-ring (bicyclic) bond motifs is 3. The zero-order chi connectivity index (χ0) is 30.6. The first-order valence-electron chi connectivity index (χ1n) is 15.7. The van der Waals surface area contributed by atoms with Gasteiger partial charge in [0.15, 0.2) is 0 Å². The fourth-order valence-corrected chi connectivity index (χ4v) is 6.23. The molecule has 0 fully saturated rings. The fraction of sp³-hybridized carbons (Fsp3) is 0.143. The molecule has 1 aromatic heterocycles. The van der Waals surface area contributed by atoms with E-state index in [4.69, 9.17) is 4.42 Å². The Hall–Kier alpha value is -5.28. The highest BCUT2D eigenvalue weighted by Crippen LogP contribution is 2.41. The lowest BCUT2D eigenvalue weighted by Gasteiger charge is -2.33. The number of aryl methyl sites for hydroxylation is 2. The van der Waals surface area contributed by atoms with E-state index in [1.165, 1.54) is 39.1 Å². The smallest absolute Gasteiger partial charge is 0.137 e. The predicted molar refractivity (Wildman–Crippen MR) is 189 cm³/mol. The third-order valence-electron chi connectivity index (χ3n) is 8.73. The fourth-order valence-electron chi connectivity index (χ4n) is 6.23. The number of anilines is 2. The predicted octanol–water partition coefficient (Wildman–Crippen LogP) is 10.6. The van der Waals surface area contributed by atoms with Crippen LogP contribution in [-0.4, -0.2) is 0 Å². The lowest BCUT2D eigenvalue weighted by atomic mass is 10.0. The molecular weight excluding hydrogens is 548 g/mol. The second-order valence-corrected chi connectivity index (χ2v) is 12.0. The van der Waals surface area contributed by atoms with Crippen molar-refractivity contribution in [3.8, 4) is 0 Å². The van der Waals surface area contributed by atoms with Crippen LogP contribution in [0.4, 0.5) is 11.4 Å². The second kappa shape index (κ2) is 12.8. The highest BCUT2D eigenvalue weighted by atomic mass is 16.3. The van der Waals surface area contributed by atoms with Crippen LogP contribution in [0.3, 0.4) is 0 Å². The van der Waals surface area contributed by atoms with Gasteiger partial charge in [-0.25, -0.2) is 0 Å². The van der Waals surface area contributed by atoms with E-state index in [1.54, 1.807) is 0 Å². The molecule has 0 bridgehead atoms. The zero-order valence-corrected chi connectivity index (χ0v) is 26.0. The molecular formula is C42H38N2O. The van der Waals surface area contributed by atoms with Crippen LogP contribution in [0.25, 0.3) is 21.9 Å². The van der Waals surface area contributed by atoms with E-state index in [1.807, 2.05) is 0 Å². The van der Waals surface area contributed by atoms with E-state index in [2.05, 4.69) is 169 Å². The minimum Gasteiger partial charge on any atom is -0.456 e. The molecule has 0 N–H and O–H groups in total. The summed E-state index contributed by atoms with van der Waals surface area (Å²) >= 11 is 0.